The molecule has 0 saturated carbocycles. The lowest BCUT2D eigenvalue weighted by Crippen LogP contribution is -2.67. The molecular formula is C8H12N2O. The minimum absolute atomic E-state index is 0.0845. The van der Waals surface area contributed by atoms with Crippen molar-refractivity contribution in [2.24, 2.45) is 5.41 Å². The van der Waals surface area contributed by atoms with Crippen LogP contribution in [-0.2, 0) is 4.74 Å². The standard InChI is InChI=1S/C8H12N2O/c1-7(2-9)10-3-8(4-10)5-11-6-8/h7H,3-6H2,1H3. The molecule has 0 aromatic carbocycles. The van der Waals surface area contributed by atoms with Crippen LogP contribution in [-0.4, -0.2) is 37.2 Å². The second-order valence-corrected chi connectivity index (χ2v) is 3.70. The van der Waals surface area contributed by atoms with E-state index in [1.165, 1.54) is 0 Å². The van der Waals surface area contributed by atoms with E-state index in [1.54, 1.807) is 0 Å². The molecule has 2 aliphatic rings. The third kappa shape index (κ3) is 0.943. The third-order valence-corrected chi connectivity index (χ3v) is 2.63. The SMILES string of the molecule is CC(C#N)N1CC2(COC2)C1. The molecule has 0 aromatic rings. The highest BCUT2D eigenvalue weighted by Crippen LogP contribution is 2.38. The zero-order valence-corrected chi connectivity index (χ0v) is 6.71. The Hall–Kier alpha value is -0.590. The highest BCUT2D eigenvalue weighted by Gasteiger charge is 2.50. The average Bonchev–Trinajstić information content (AvgIpc) is 1.81. The van der Waals surface area contributed by atoms with Crippen LogP contribution in [0.4, 0.5) is 0 Å². The highest BCUT2D eigenvalue weighted by molar-refractivity contribution is 5.04. The van der Waals surface area contributed by atoms with Gasteiger partial charge in [0.1, 0.15) is 0 Å². The van der Waals surface area contributed by atoms with E-state index < -0.39 is 0 Å². The number of rotatable bonds is 1. The molecule has 2 fully saturated rings. The molecular weight excluding hydrogens is 140 g/mol. The summed E-state index contributed by atoms with van der Waals surface area (Å²) >= 11 is 0. The van der Waals surface area contributed by atoms with E-state index in [1.807, 2.05) is 6.92 Å². The van der Waals surface area contributed by atoms with Crippen molar-refractivity contribution < 1.29 is 4.74 Å². The van der Waals surface area contributed by atoms with Crippen molar-refractivity contribution >= 4 is 0 Å². The molecule has 2 heterocycles. The van der Waals surface area contributed by atoms with Crippen molar-refractivity contribution in [3.05, 3.63) is 0 Å². The summed E-state index contributed by atoms with van der Waals surface area (Å²) in [5.41, 5.74) is 0.450. The van der Waals surface area contributed by atoms with Gasteiger partial charge in [-0.15, -0.1) is 0 Å². The summed E-state index contributed by atoms with van der Waals surface area (Å²) in [6, 6.07) is 2.32. The van der Waals surface area contributed by atoms with E-state index in [4.69, 9.17) is 10.00 Å². The van der Waals surface area contributed by atoms with Crippen LogP contribution in [0.2, 0.25) is 0 Å². The Morgan fingerprint density at radius 1 is 1.55 bits per heavy atom. The van der Waals surface area contributed by atoms with Gasteiger partial charge in [0.05, 0.1) is 25.3 Å². The highest BCUT2D eigenvalue weighted by atomic mass is 16.5. The normalized spacial score (nSPS) is 30.2. The second kappa shape index (κ2) is 2.20. The van der Waals surface area contributed by atoms with Crippen LogP contribution in [0, 0.1) is 16.7 Å². The molecule has 0 aliphatic carbocycles. The third-order valence-electron chi connectivity index (χ3n) is 2.63. The van der Waals surface area contributed by atoms with Gasteiger partial charge in [0.25, 0.3) is 0 Å². The molecule has 1 unspecified atom stereocenters. The number of ether oxygens (including phenoxy) is 1. The molecule has 60 valence electrons. The van der Waals surface area contributed by atoms with Gasteiger partial charge in [0.2, 0.25) is 0 Å². The van der Waals surface area contributed by atoms with E-state index in [9.17, 15) is 0 Å². The summed E-state index contributed by atoms with van der Waals surface area (Å²) in [4.78, 5) is 2.20. The lowest BCUT2D eigenvalue weighted by molar-refractivity contribution is -0.192. The van der Waals surface area contributed by atoms with Gasteiger partial charge in [-0.1, -0.05) is 0 Å². The summed E-state index contributed by atoms with van der Waals surface area (Å²) in [5, 5.41) is 8.61. The van der Waals surface area contributed by atoms with Crippen LogP contribution in [0.1, 0.15) is 6.92 Å². The molecule has 3 nitrogen and oxygen atoms in total. The van der Waals surface area contributed by atoms with E-state index in [-0.39, 0.29) is 6.04 Å². The van der Waals surface area contributed by atoms with Gasteiger partial charge in [-0.25, -0.2) is 0 Å². The second-order valence-electron chi connectivity index (χ2n) is 3.70. The largest absolute Gasteiger partial charge is 0.380 e. The molecule has 11 heavy (non-hydrogen) atoms. The van der Waals surface area contributed by atoms with Crippen molar-refractivity contribution in [3.8, 4) is 6.07 Å². The van der Waals surface area contributed by atoms with Gasteiger partial charge in [-0.2, -0.15) is 5.26 Å². The van der Waals surface area contributed by atoms with Gasteiger partial charge in [0, 0.05) is 18.5 Å². The fourth-order valence-corrected chi connectivity index (χ4v) is 1.74. The van der Waals surface area contributed by atoms with Crippen molar-refractivity contribution in [1.29, 1.82) is 5.26 Å². The maximum atomic E-state index is 8.61. The summed E-state index contributed by atoms with van der Waals surface area (Å²) in [5.74, 6) is 0. The van der Waals surface area contributed by atoms with E-state index in [2.05, 4.69) is 11.0 Å². The first-order valence-corrected chi connectivity index (χ1v) is 3.97. The zero-order valence-electron chi connectivity index (χ0n) is 6.71. The van der Waals surface area contributed by atoms with Gasteiger partial charge in [-0.05, 0) is 6.92 Å². The summed E-state index contributed by atoms with van der Waals surface area (Å²) < 4.78 is 5.13. The van der Waals surface area contributed by atoms with Crippen molar-refractivity contribution in [2.45, 2.75) is 13.0 Å². The Bertz CT molecular complexity index is 197. The van der Waals surface area contributed by atoms with Crippen LogP contribution >= 0.6 is 0 Å². The minimum Gasteiger partial charge on any atom is -0.380 e. The molecule has 2 saturated heterocycles. The molecule has 1 spiro atoms. The van der Waals surface area contributed by atoms with Gasteiger partial charge in [0.15, 0.2) is 0 Å². The fraction of sp³-hybridized carbons (Fsp3) is 0.875. The van der Waals surface area contributed by atoms with Crippen molar-refractivity contribution in [3.63, 3.8) is 0 Å². The predicted octanol–water partition coefficient (Wildman–Crippen LogP) is 0.231. The van der Waals surface area contributed by atoms with E-state index >= 15 is 0 Å². The number of nitrogens with zero attached hydrogens (tertiary/aromatic N) is 2. The molecule has 0 bridgehead atoms. The van der Waals surface area contributed by atoms with Gasteiger partial charge in [-0.3, -0.25) is 4.90 Å². The Morgan fingerprint density at radius 2 is 2.18 bits per heavy atom. The summed E-state index contributed by atoms with van der Waals surface area (Å²) in [7, 11) is 0. The lowest BCUT2D eigenvalue weighted by atomic mass is 9.77. The van der Waals surface area contributed by atoms with E-state index in [0.717, 1.165) is 26.3 Å². The van der Waals surface area contributed by atoms with Crippen LogP contribution in [0.3, 0.4) is 0 Å². The predicted molar refractivity (Wildman–Crippen MR) is 39.9 cm³/mol. The molecule has 0 amide bonds. The number of nitriles is 1. The fourth-order valence-electron chi connectivity index (χ4n) is 1.74. The smallest absolute Gasteiger partial charge is 0.0949 e. The monoisotopic (exact) mass is 152 g/mol. The van der Waals surface area contributed by atoms with Crippen LogP contribution in [0.15, 0.2) is 0 Å². The Kier molecular flexibility index (Phi) is 1.41. The first-order chi connectivity index (χ1) is 5.26. The van der Waals surface area contributed by atoms with Gasteiger partial charge < -0.3 is 4.74 Å². The Morgan fingerprint density at radius 3 is 2.55 bits per heavy atom. The van der Waals surface area contributed by atoms with Crippen LogP contribution in [0.25, 0.3) is 0 Å². The first kappa shape index (κ1) is 7.08. The summed E-state index contributed by atoms with van der Waals surface area (Å²) in [6.07, 6.45) is 0. The number of hydrogen-bond acceptors (Lipinski definition) is 3. The zero-order chi connectivity index (χ0) is 7.90. The molecule has 0 N–H and O–H groups in total. The van der Waals surface area contributed by atoms with Crippen LogP contribution in [0.5, 0.6) is 0 Å². The topological polar surface area (TPSA) is 36.3 Å². The maximum Gasteiger partial charge on any atom is 0.0949 e. The molecule has 1 atom stereocenters. The Balaban J connectivity index is 1.84. The Labute approximate surface area is 66.5 Å². The first-order valence-electron chi connectivity index (χ1n) is 3.97. The average molecular weight is 152 g/mol. The molecule has 0 radical (unpaired) electrons. The maximum absolute atomic E-state index is 8.61. The minimum atomic E-state index is 0.0845. The quantitative estimate of drug-likeness (QED) is 0.539. The summed E-state index contributed by atoms with van der Waals surface area (Å²) in [6.45, 7) is 5.87. The number of hydrogen-bond donors (Lipinski definition) is 0. The molecule has 2 rings (SSSR count). The molecule has 3 heteroatoms. The molecule has 2 aliphatic heterocycles. The lowest BCUT2D eigenvalue weighted by Gasteiger charge is -2.55. The van der Waals surface area contributed by atoms with Crippen LogP contribution < -0.4 is 0 Å². The van der Waals surface area contributed by atoms with Crippen molar-refractivity contribution in [1.82, 2.24) is 4.90 Å². The van der Waals surface area contributed by atoms with Gasteiger partial charge >= 0.3 is 0 Å². The van der Waals surface area contributed by atoms with Crippen molar-refractivity contribution in [2.75, 3.05) is 26.3 Å². The van der Waals surface area contributed by atoms with E-state index in [0.29, 0.717) is 5.41 Å². The number of likely N-dealkylation sites (tertiary alicyclic amines) is 1. The molecule has 0 aromatic heterocycles.